The van der Waals surface area contributed by atoms with Crippen LogP contribution < -0.4 is 10.6 Å². The van der Waals surface area contributed by atoms with Gasteiger partial charge in [-0.1, -0.05) is 11.6 Å². The number of carbonyl (C=O) groups excluding carboxylic acids is 1. The third-order valence-corrected chi connectivity index (χ3v) is 5.65. The lowest BCUT2D eigenvalue weighted by molar-refractivity contribution is 0.249. The van der Waals surface area contributed by atoms with Crippen molar-refractivity contribution in [3.05, 3.63) is 51.4 Å². The first-order valence-electron chi connectivity index (χ1n) is 8.44. The van der Waals surface area contributed by atoms with Crippen LogP contribution in [0.25, 0.3) is 11.4 Å². The molecule has 3 N–H and O–H groups in total. The standard InChI is InChI=1S/C18H18ClN5OS/c1-10(14-8-9-15(19)26-14)20-18(25)21-13-6-4-12(5-7-13)17-22-16(23-24-17)11-2-3-11/h4-11H,2-3H2,1H3,(H2,20,21,25)(H,22,23,24). The number of urea groups is 1. The molecule has 1 fully saturated rings. The number of nitrogens with zero attached hydrogens (tertiary/aromatic N) is 2. The molecule has 4 rings (SSSR count). The van der Waals surface area contributed by atoms with Gasteiger partial charge in [0.1, 0.15) is 5.82 Å². The molecular weight excluding hydrogens is 370 g/mol. The molecule has 0 aliphatic heterocycles. The third kappa shape index (κ3) is 3.89. The van der Waals surface area contributed by atoms with Crippen LogP contribution in [0.3, 0.4) is 0 Å². The molecule has 0 radical (unpaired) electrons. The smallest absolute Gasteiger partial charge is 0.319 e. The summed E-state index contributed by atoms with van der Waals surface area (Å²) < 4.78 is 0.710. The molecule has 6 nitrogen and oxygen atoms in total. The molecule has 3 aromatic rings. The number of halogens is 1. The van der Waals surface area contributed by atoms with Crippen molar-refractivity contribution in [2.45, 2.75) is 31.7 Å². The molecule has 1 saturated carbocycles. The van der Waals surface area contributed by atoms with Gasteiger partial charge in [-0.05, 0) is 56.2 Å². The molecule has 0 spiro atoms. The molecule has 2 aromatic heterocycles. The van der Waals surface area contributed by atoms with Crippen LogP contribution >= 0.6 is 22.9 Å². The first kappa shape index (κ1) is 17.1. The number of rotatable bonds is 5. The summed E-state index contributed by atoms with van der Waals surface area (Å²) in [7, 11) is 0. The topological polar surface area (TPSA) is 82.7 Å². The fraction of sp³-hybridized carbons (Fsp3) is 0.278. The monoisotopic (exact) mass is 387 g/mol. The summed E-state index contributed by atoms with van der Waals surface area (Å²) in [4.78, 5) is 17.7. The van der Waals surface area contributed by atoms with Crippen LogP contribution in [0.2, 0.25) is 4.34 Å². The highest BCUT2D eigenvalue weighted by Gasteiger charge is 2.27. The average Bonchev–Trinajstić information content (AvgIpc) is 3.18. The molecule has 0 bridgehead atoms. The number of amides is 2. The zero-order valence-electron chi connectivity index (χ0n) is 14.1. The van der Waals surface area contributed by atoms with Crippen LogP contribution in [0.15, 0.2) is 36.4 Å². The Morgan fingerprint density at radius 3 is 2.69 bits per heavy atom. The minimum Gasteiger partial charge on any atom is -0.331 e. The Kier molecular flexibility index (Phi) is 4.65. The second-order valence-corrected chi connectivity index (χ2v) is 8.10. The second-order valence-electron chi connectivity index (χ2n) is 6.36. The summed E-state index contributed by atoms with van der Waals surface area (Å²) in [6.07, 6.45) is 2.37. The highest BCUT2D eigenvalue weighted by Crippen LogP contribution is 2.38. The van der Waals surface area contributed by atoms with Crippen LogP contribution in [-0.4, -0.2) is 21.2 Å². The normalized spacial score (nSPS) is 14.8. The van der Waals surface area contributed by atoms with E-state index in [-0.39, 0.29) is 12.1 Å². The van der Waals surface area contributed by atoms with Crippen molar-refractivity contribution < 1.29 is 4.79 Å². The highest BCUT2D eigenvalue weighted by atomic mass is 35.5. The van der Waals surface area contributed by atoms with Gasteiger partial charge in [0.2, 0.25) is 0 Å². The molecule has 1 unspecified atom stereocenters. The number of carbonyl (C=O) groups is 1. The summed E-state index contributed by atoms with van der Waals surface area (Å²) in [6.45, 7) is 1.92. The molecule has 1 aliphatic carbocycles. The molecule has 1 aromatic carbocycles. The first-order chi connectivity index (χ1) is 12.6. The van der Waals surface area contributed by atoms with Crippen molar-refractivity contribution >= 4 is 34.7 Å². The Bertz CT molecular complexity index is 916. The minimum atomic E-state index is -0.260. The van der Waals surface area contributed by atoms with E-state index in [1.807, 2.05) is 43.3 Å². The number of hydrogen-bond donors (Lipinski definition) is 3. The molecule has 2 heterocycles. The Morgan fingerprint density at radius 1 is 1.27 bits per heavy atom. The van der Waals surface area contributed by atoms with Crippen molar-refractivity contribution in [2.75, 3.05) is 5.32 Å². The van der Waals surface area contributed by atoms with E-state index in [0.29, 0.717) is 21.8 Å². The van der Waals surface area contributed by atoms with Crippen LogP contribution in [-0.2, 0) is 0 Å². The van der Waals surface area contributed by atoms with E-state index in [9.17, 15) is 4.79 Å². The third-order valence-electron chi connectivity index (χ3n) is 4.24. The number of anilines is 1. The van der Waals surface area contributed by atoms with Gasteiger partial charge in [-0.3, -0.25) is 5.10 Å². The number of H-pyrrole nitrogens is 1. The quantitative estimate of drug-likeness (QED) is 0.579. The predicted molar refractivity (Wildman–Crippen MR) is 104 cm³/mol. The Morgan fingerprint density at radius 2 is 2.04 bits per heavy atom. The number of aromatic nitrogens is 3. The lowest BCUT2D eigenvalue weighted by Crippen LogP contribution is -2.30. The predicted octanol–water partition coefficient (Wildman–Crippen LogP) is 4.95. The summed E-state index contributed by atoms with van der Waals surface area (Å²) in [5.41, 5.74) is 1.63. The molecule has 0 saturated heterocycles. The second kappa shape index (κ2) is 7.09. The van der Waals surface area contributed by atoms with Crippen LogP contribution in [0, 0.1) is 0 Å². The molecule has 1 atom stereocenters. The maximum atomic E-state index is 12.2. The van der Waals surface area contributed by atoms with Gasteiger partial charge in [-0.2, -0.15) is 5.10 Å². The van der Waals surface area contributed by atoms with E-state index in [1.165, 1.54) is 24.2 Å². The maximum absolute atomic E-state index is 12.2. The van der Waals surface area contributed by atoms with Gasteiger partial charge in [-0.25, -0.2) is 9.78 Å². The van der Waals surface area contributed by atoms with E-state index in [4.69, 9.17) is 11.6 Å². The molecule has 2 amide bonds. The Hall–Kier alpha value is -2.38. The lowest BCUT2D eigenvalue weighted by Gasteiger charge is -2.13. The summed E-state index contributed by atoms with van der Waals surface area (Å²) in [5, 5.41) is 13.0. The van der Waals surface area contributed by atoms with Crippen LogP contribution in [0.1, 0.15) is 42.4 Å². The zero-order valence-corrected chi connectivity index (χ0v) is 15.7. The number of hydrogen-bond acceptors (Lipinski definition) is 4. The summed E-state index contributed by atoms with van der Waals surface area (Å²) >= 11 is 7.39. The number of nitrogens with one attached hydrogen (secondary N) is 3. The van der Waals surface area contributed by atoms with E-state index in [1.54, 1.807) is 0 Å². The van der Waals surface area contributed by atoms with Crippen molar-refractivity contribution in [3.8, 4) is 11.4 Å². The SMILES string of the molecule is CC(NC(=O)Nc1ccc(-c2n[nH]c(C3CC3)n2)cc1)c1ccc(Cl)s1. The molecule has 8 heteroatoms. The molecule has 134 valence electrons. The van der Waals surface area contributed by atoms with Crippen molar-refractivity contribution in [1.29, 1.82) is 0 Å². The van der Waals surface area contributed by atoms with E-state index < -0.39 is 0 Å². The van der Waals surface area contributed by atoms with Gasteiger partial charge in [0.05, 0.1) is 10.4 Å². The highest BCUT2D eigenvalue weighted by molar-refractivity contribution is 7.16. The molecular formula is C18H18ClN5OS. The van der Waals surface area contributed by atoms with Gasteiger partial charge in [0.15, 0.2) is 5.82 Å². The maximum Gasteiger partial charge on any atom is 0.319 e. The van der Waals surface area contributed by atoms with Gasteiger partial charge in [0, 0.05) is 22.0 Å². The summed E-state index contributed by atoms with van der Waals surface area (Å²) in [5.74, 6) is 2.19. The van der Waals surface area contributed by atoms with Gasteiger partial charge in [-0.15, -0.1) is 11.3 Å². The number of aromatic amines is 1. The minimum absolute atomic E-state index is 0.110. The van der Waals surface area contributed by atoms with Gasteiger partial charge < -0.3 is 10.6 Å². The first-order valence-corrected chi connectivity index (χ1v) is 9.63. The largest absolute Gasteiger partial charge is 0.331 e. The van der Waals surface area contributed by atoms with Crippen molar-refractivity contribution in [2.24, 2.45) is 0 Å². The fourth-order valence-corrected chi connectivity index (χ4v) is 3.70. The van der Waals surface area contributed by atoms with E-state index in [0.717, 1.165) is 16.3 Å². The zero-order chi connectivity index (χ0) is 18.1. The van der Waals surface area contributed by atoms with Gasteiger partial charge >= 0.3 is 6.03 Å². The Labute approximate surface area is 160 Å². The molecule has 26 heavy (non-hydrogen) atoms. The van der Waals surface area contributed by atoms with E-state index >= 15 is 0 Å². The van der Waals surface area contributed by atoms with Crippen LogP contribution in [0.5, 0.6) is 0 Å². The fourth-order valence-electron chi connectivity index (χ4n) is 2.64. The number of thiophene rings is 1. The number of benzene rings is 1. The van der Waals surface area contributed by atoms with Crippen LogP contribution in [0.4, 0.5) is 10.5 Å². The van der Waals surface area contributed by atoms with E-state index in [2.05, 4.69) is 25.8 Å². The van der Waals surface area contributed by atoms with Gasteiger partial charge in [0.25, 0.3) is 0 Å². The average molecular weight is 388 g/mol. The van der Waals surface area contributed by atoms with Crippen molar-refractivity contribution in [3.63, 3.8) is 0 Å². The summed E-state index contributed by atoms with van der Waals surface area (Å²) in [6, 6.07) is 10.9. The molecule has 1 aliphatic rings. The lowest BCUT2D eigenvalue weighted by atomic mass is 10.2. The Balaban J connectivity index is 1.36. The van der Waals surface area contributed by atoms with Crippen molar-refractivity contribution in [1.82, 2.24) is 20.5 Å².